The van der Waals surface area contributed by atoms with Crippen LogP contribution >= 0.6 is 0 Å². The van der Waals surface area contributed by atoms with Crippen molar-refractivity contribution in [3.8, 4) is 0 Å². The molecule has 0 aromatic rings. The van der Waals surface area contributed by atoms with Gasteiger partial charge in [-0.05, 0) is 0 Å². The Morgan fingerprint density at radius 2 is 1.14 bits per heavy atom. The van der Waals surface area contributed by atoms with Crippen LogP contribution in [0.15, 0.2) is 0 Å². The molecule has 0 bridgehead atoms. The topological polar surface area (TPSA) is 88.4 Å². The molecule has 0 aromatic carbocycles. The van der Waals surface area contributed by atoms with Gasteiger partial charge in [-0.1, -0.05) is 0 Å². The van der Waals surface area contributed by atoms with Crippen LogP contribution in [-0.2, 0) is 9.50 Å². The second-order valence-corrected chi connectivity index (χ2v) is 3.14. The van der Waals surface area contributed by atoms with E-state index in [1.807, 2.05) is 0 Å². The molecule has 0 rings (SSSR count). The van der Waals surface area contributed by atoms with Crippen molar-refractivity contribution in [2.45, 2.75) is 0 Å². The fourth-order valence-electron chi connectivity index (χ4n) is 0.0447. The summed E-state index contributed by atoms with van der Waals surface area (Å²) < 4.78 is 9.86. The molecule has 3 N–H and O–H groups in total. The summed E-state index contributed by atoms with van der Waals surface area (Å²) in [4.78, 5) is 0. The molecule has 0 radical (unpaired) electrons. The van der Waals surface area contributed by atoms with E-state index < -0.39 is 21.5 Å². The maximum atomic E-state index is 7.54. The average Bonchev–Trinajstić information content (AvgIpc) is 1.72. The predicted octanol–water partition coefficient (Wildman–Crippen LogP) is -0.560. The van der Waals surface area contributed by atoms with Crippen molar-refractivity contribution in [1.29, 1.82) is 0 Å². The molecular formula is H3O6Sb. The van der Waals surface area contributed by atoms with Crippen LogP contribution in [0, 0.1) is 0 Å². The van der Waals surface area contributed by atoms with Gasteiger partial charge < -0.3 is 0 Å². The van der Waals surface area contributed by atoms with E-state index in [4.69, 9.17) is 15.8 Å². The van der Waals surface area contributed by atoms with Crippen LogP contribution in [0.1, 0.15) is 0 Å². The summed E-state index contributed by atoms with van der Waals surface area (Å²) in [6.07, 6.45) is 0. The van der Waals surface area contributed by atoms with Crippen molar-refractivity contribution >= 4 is 21.5 Å². The summed E-state index contributed by atoms with van der Waals surface area (Å²) in [6.45, 7) is 0. The minimum atomic E-state index is -3.38. The van der Waals surface area contributed by atoms with E-state index in [9.17, 15) is 0 Å². The zero-order chi connectivity index (χ0) is 5.70. The van der Waals surface area contributed by atoms with Crippen molar-refractivity contribution in [1.82, 2.24) is 0 Å². The monoisotopic (exact) mass is 220 g/mol. The third-order valence-electron chi connectivity index (χ3n) is 0.200. The molecule has 0 heterocycles. The molecule has 0 aliphatic carbocycles. The summed E-state index contributed by atoms with van der Waals surface area (Å²) >= 11 is -3.38. The third-order valence-corrected chi connectivity index (χ3v) is 1.34. The Kier molecular flexibility index (Phi) is 5.12. The van der Waals surface area contributed by atoms with E-state index in [2.05, 4.69) is 9.50 Å². The fourth-order valence-corrected chi connectivity index (χ4v) is 0.300. The fraction of sp³-hybridized carbons (Fsp3) is 0. The number of hydrogen-bond acceptors (Lipinski definition) is 6. The Labute approximate surface area is 47.3 Å². The van der Waals surface area contributed by atoms with Crippen molar-refractivity contribution in [2.75, 3.05) is 0 Å². The first-order chi connectivity index (χ1) is 3.35. The average molecular weight is 221 g/mol. The van der Waals surface area contributed by atoms with Gasteiger partial charge in [0.1, 0.15) is 0 Å². The molecule has 0 aliphatic heterocycles. The Balaban J connectivity index is 2.99. The van der Waals surface area contributed by atoms with Gasteiger partial charge in [-0.2, -0.15) is 0 Å². The van der Waals surface area contributed by atoms with Crippen molar-refractivity contribution < 1.29 is 25.3 Å². The summed E-state index contributed by atoms with van der Waals surface area (Å²) in [6, 6.07) is 0. The van der Waals surface area contributed by atoms with Gasteiger partial charge in [0.2, 0.25) is 0 Å². The van der Waals surface area contributed by atoms with Gasteiger partial charge in [0.25, 0.3) is 0 Å². The Morgan fingerprint density at radius 3 is 1.14 bits per heavy atom. The molecule has 0 aliphatic rings. The standard InChI is InChI=1S/3H2O2.Sb/c3*1-2;/h3*1-2H;/q;;;+3/p-3. The van der Waals surface area contributed by atoms with E-state index in [1.165, 1.54) is 0 Å². The molecule has 6 nitrogen and oxygen atoms in total. The molecule has 0 saturated heterocycles. The summed E-state index contributed by atoms with van der Waals surface area (Å²) in [7, 11) is 0. The van der Waals surface area contributed by atoms with Crippen LogP contribution in [-0.4, -0.2) is 37.2 Å². The molecule has 7 heteroatoms. The number of hydrogen-bond donors (Lipinski definition) is 3. The Morgan fingerprint density at radius 1 is 0.857 bits per heavy atom. The van der Waals surface area contributed by atoms with Crippen molar-refractivity contribution in [3.05, 3.63) is 0 Å². The van der Waals surface area contributed by atoms with E-state index in [0.717, 1.165) is 0 Å². The SMILES string of the molecule is O[O][Sb]([O]O)[O]O. The zero-order valence-corrected chi connectivity index (χ0v) is 5.57. The van der Waals surface area contributed by atoms with Gasteiger partial charge in [-0.25, -0.2) is 0 Å². The summed E-state index contributed by atoms with van der Waals surface area (Å²) in [5.41, 5.74) is 0. The molecule has 0 aromatic heterocycles. The summed E-state index contributed by atoms with van der Waals surface area (Å²) in [5, 5.41) is 22.6. The van der Waals surface area contributed by atoms with Crippen LogP contribution in [0.2, 0.25) is 0 Å². The first kappa shape index (κ1) is 7.58. The second kappa shape index (κ2) is 4.73. The van der Waals surface area contributed by atoms with Crippen LogP contribution in [0.25, 0.3) is 0 Å². The van der Waals surface area contributed by atoms with Gasteiger partial charge in [-0.15, -0.1) is 0 Å². The molecule has 0 spiro atoms. The van der Waals surface area contributed by atoms with Crippen molar-refractivity contribution in [2.24, 2.45) is 0 Å². The normalized spacial score (nSPS) is 10.3. The predicted molar refractivity (Wildman–Crippen MR) is 16.9 cm³/mol. The first-order valence-electron chi connectivity index (χ1n) is 1.10. The van der Waals surface area contributed by atoms with Gasteiger partial charge in [0.15, 0.2) is 0 Å². The molecule has 44 valence electrons. The zero-order valence-electron chi connectivity index (χ0n) is 3.01. The first-order valence-corrected chi connectivity index (χ1v) is 4.22. The third kappa shape index (κ3) is 3.19. The molecule has 0 unspecified atom stereocenters. The van der Waals surface area contributed by atoms with Crippen LogP contribution < -0.4 is 0 Å². The van der Waals surface area contributed by atoms with E-state index in [0.29, 0.717) is 0 Å². The minimum absolute atomic E-state index is 3.29. The van der Waals surface area contributed by atoms with Crippen LogP contribution in [0.5, 0.6) is 0 Å². The Bertz CT molecular complexity index is 25.7. The molecule has 0 amide bonds. The van der Waals surface area contributed by atoms with Crippen LogP contribution in [0.4, 0.5) is 0 Å². The van der Waals surface area contributed by atoms with E-state index in [1.54, 1.807) is 0 Å². The maximum absolute atomic E-state index is 7.54. The van der Waals surface area contributed by atoms with Crippen molar-refractivity contribution in [3.63, 3.8) is 0 Å². The molecular weight excluding hydrogens is 218 g/mol. The molecule has 0 fully saturated rings. The van der Waals surface area contributed by atoms with E-state index in [-0.39, 0.29) is 0 Å². The van der Waals surface area contributed by atoms with Gasteiger partial charge in [0.05, 0.1) is 0 Å². The summed E-state index contributed by atoms with van der Waals surface area (Å²) in [5.74, 6) is 0. The van der Waals surface area contributed by atoms with Gasteiger partial charge in [-0.3, -0.25) is 0 Å². The second-order valence-electron chi connectivity index (χ2n) is 0.469. The van der Waals surface area contributed by atoms with Gasteiger partial charge in [0, 0.05) is 0 Å². The molecule has 0 saturated carbocycles. The molecule has 0 atom stereocenters. The molecule has 7 heavy (non-hydrogen) atoms. The van der Waals surface area contributed by atoms with E-state index >= 15 is 0 Å². The number of rotatable bonds is 3. The quantitative estimate of drug-likeness (QED) is 0.336. The Hall–Kier alpha value is 0.578. The van der Waals surface area contributed by atoms with Gasteiger partial charge >= 0.3 is 46.7 Å². The van der Waals surface area contributed by atoms with Crippen LogP contribution in [0.3, 0.4) is 0 Å².